The molecule has 2 aromatic rings. The molecular formula is C27H31Cl2N3O5. The largest absolute Gasteiger partial charge is 0.467 e. The Kier molecular flexibility index (Phi) is 10.5. The van der Waals surface area contributed by atoms with Gasteiger partial charge in [-0.1, -0.05) is 54.2 Å². The van der Waals surface area contributed by atoms with Gasteiger partial charge >= 0.3 is 5.97 Å². The van der Waals surface area contributed by atoms with Crippen molar-refractivity contribution < 1.29 is 23.9 Å². The molecule has 1 saturated carbocycles. The van der Waals surface area contributed by atoms with Gasteiger partial charge in [0, 0.05) is 12.1 Å². The fraction of sp³-hybridized carbons (Fsp3) is 0.407. The van der Waals surface area contributed by atoms with Crippen molar-refractivity contribution in [1.29, 1.82) is 0 Å². The number of hydrogen-bond acceptors (Lipinski definition) is 6. The summed E-state index contributed by atoms with van der Waals surface area (Å²) in [6.45, 7) is 0.784. The van der Waals surface area contributed by atoms with Crippen LogP contribution in [0.5, 0.6) is 0 Å². The smallest absolute Gasteiger partial charge is 0.328 e. The first-order valence-corrected chi connectivity index (χ1v) is 12.9. The monoisotopic (exact) mass is 547 g/mol. The van der Waals surface area contributed by atoms with Crippen LogP contribution in [0.2, 0.25) is 10.0 Å². The lowest BCUT2D eigenvalue weighted by Gasteiger charge is -2.30. The molecule has 0 unspecified atom stereocenters. The lowest BCUT2D eigenvalue weighted by molar-refractivity contribution is -0.146. The highest BCUT2D eigenvalue weighted by Crippen LogP contribution is 2.41. The van der Waals surface area contributed by atoms with Gasteiger partial charge in [0.15, 0.2) is 0 Å². The van der Waals surface area contributed by atoms with Crippen LogP contribution in [-0.2, 0) is 25.5 Å². The van der Waals surface area contributed by atoms with E-state index in [9.17, 15) is 19.2 Å². The Labute approximate surface area is 226 Å². The summed E-state index contributed by atoms with van der Waals surface area (Å²) in [7, 11) is 1.29. The number of ether oxygens (including phenoxy) is 1. The summed E-state index contributed by atoms with van der Waals surface area (Å²) in [6, 6.07) is 10.9. The van der Waals surface area contributed by atoms with Gasteiger partial charge in [-0.25, -0.2) is 4.79 Å². The second-order valence-corrected chi connectivity index (χ2v) is 9.92. The Balaban J connectivity index is 1.66. The molecule has 0 radical (unpaired) electrons. The van der Waals surface area contributed by atoms with Crippen molar-refractivity contribution in [2.24, 2.45) is 5.41 Å². The van der Waals surface area contributed by atoms with Gasteiger partial charge < -0.3 is 25.5 Å². The Morgan fingerprint density at radius 2 is 1.70 bits per heavy atom. The van der Waals surface area contributed by atoms with Crippen molar-refractivity contribution in [2.75, 3.05) is 25.5 Å². The second kappa shape index (κ2) is 13.6. The van der Waals surface area contributed by atoms with Gasteiger partial charge in [-0.3, -0.25) is 9.59 Å². The minimum absolute atomic E-state index is 0.172. The first-order chi connectivity index (χ1) is 17.8. The number of anilines is 1. The van der Waals surface area contributed by atoms with Gasteiger partial charge in [0.25, 0.3) is 5.91 Å². The van der Waals surface area contributed by atoms with E-state index in [1.165, 1.54) is 7.11 Å². The van der Waals surface area contributed by atoms with Crippen LogP contribution >= 0.6 is 23.2 Å². The predicted molar refractivity (Wildman–Crippen MR) is 143 cm³/mol. The molecule has 2 aromatic carbocycles. The van der Waals surface area contributed by atoms with Gasteiger partial charge in [-0.2, -0.15) is 0 Å². The number of carbonyl (C=O) groups is 4. The third-order valence-corrected chi connectivity index (χ3v) is 7.31. The Morgan fingerprint density at radius 1 is 1.05 bits per heavy atom. The molecule has 1 atom stereocenters. The maximum Gasteiger partial charge on any atom is 0.328 e. The molecule has 8 nitrogen and oxygen atoms in total. The molecule has 1 aliphatic rings. The van der Waals surface area contributed by atoms with Gasteiger partial charge in [0.05, 0.1) is 34.7 Å². The van der Waals surface area contributed by atoms with Crippen LogP contribution in [-0.4, -0.2) is 50.3 Å². The quantitative estimate of drug-likeness (QED) is 0.208. The van der Waals surface area contributed by atoms with E-state index in [1.54, 1.807) is 42.5 Å². The van der Waals surface area contributed by atoms with Crippen LogP contribution in [0.25, 0.3) is 0 Å². The molecule has 198 valence electrons. The number of aldehydes is 1. The number of benzene rings is 2. The highest BCUT2D eigenvalue weighted by atomic mass is 35.5. The zero-order chi connectivity index (χ0) is 26.8. The van der Waals surface area contributed by atoms with E-state index in [0.717, 1.165) is 37.5 Å². The van der Waals surface area contributed by atoms with E-state index < -0.39 is 23.3 Å². The molecule has 1 fully saturated rings. The number of hydrogen-bond donors (Lipinski definition) is 3. The van der Waals surface area contributed by atoms with Crippen molar-refractivity contribution >= 4 is 53.0 Å². The number of halogens is 2. The molecule has 3 N–H and O–H groups in total. The molecule has 0 heterocycles. The summed E-state index contributed by atoms with van der Waals surface area (Å²) in [4.78, 5) is 49.1. The van der Waals surface area contributed by atoms with Gasteiger partial charge in [-0.15, -0.1) is 0 Å². The third-order valence-electron chi connectivity index (χ3n) is 6.68. The number of esters is 1. The van der Waals surface area contributed by atoms with Crippen molar-refractivity contribution in [3.8, 4) is 0 Å². The van der Waals surface area contributed by atoms with E-state index >= 15 is 0 Å². The van der Waals surface area contributed by atoms with Crippen LogP contribution in [0.4, 0.5) is 5.69 Å². The number of methoxy groups -OCH3 is 1. The first-order valence-electron chi connectivity index (χ1n) is 12.2. The van der Waals surface area contributed by atoms with E-state index in [2.05, 4.69) is 16.0 Å². The molecule has 10 heteroatoms. The molecule has 0 saturated heterocycles. The van der Waals surface area contributed by atoms with Gasteiger partial charge in [0.1, 0.15) is 12.3 Å². The van der Waals surface area contributed by atoms with Crippen molar-refractivity contribution in [3.05, 3.63) is 63.6 Å². The molecule has 0 spiro atoms. The highest BCUT2D eigenvalue weighted by Gasteiger charge is 2.42. The zero-order valence-corrected chi connectivity index (χ0v) is 22.2. The fourth-order valence-electron chi connectivity index (χ4n) is 4.65. The van der Waals surface area contributed by atoms with Crippen LogP contribution in [0.3, 0.4) is 0 Å². The van der Waals surface area contributed by atoms with Crippen molar-refractivity contribution in [3.63, 3.8) is 0 Å². The summed E-state index contributed by atoms with van der Waals surface area (Å²) in [6.07, 6.45) is 4.95. The summed E-state index contributed by atoms with van der Waals surface area (Å²) in [5.74, 6) is -1.15. The number of amides is 2. The standard InChI is InChI=1S/C27H31Cl2N3O5/c1-37-25(35)22(32-26(36)27(11-2-3-12-27)13-14-30-15-16-33)17-18-7-9-19(10-8-18)31-24(34)23-20(28)5-4-6-21(23)29/h4-10,16,22,30H,2-3,11-15,17H2,1H3,(H,31,34)(H,32,36)/t22-/m0/s1. The summed E-state index contributed by atoms with van der Waals surface area (Å²) < 4.78 is 4.96. The lowest BCUT2D eigenvalue weighted by atomic mass is 9.81. The molecule has 0 aromatic heterocycles. The van der Waals surface area contributed by atoms with Crippen molar-refractivity contribution in [2.45, 2.75) is 44.6 Å². The second-order valence-electron chi connectivity index (χ2n) is 9.11. The average Bonchev–Trinajstić information content (AvgIpc) is 3.37. The molecule has 1 aliphatic carbocycles. The fourth-order valence-corrected chi connectivity index (χ4v) is 5.22. The average molecular weight is 548 g/mol. The molecule has 0 bridgehead atoms. The van der Waals surface area contributed by atoms with Gasteiger partial charge in [0.2, 0.25) is 5.91 Å². The number of nitrogens with one attached hydrogen (secondary N) is 3. The minimum atomic E-state index is -0.861. The Morgan fingerprint density at radius 3 is 2.30 bits per heavy atom. The summed E-state index contributed by atoms with van der Waals surface area (Å²) >= 11 is 12.2. The highest BCUT2D eigenvalue weighted by molar-refractivity contribution is 6.40. The zero-order valence-electron chi connectivity index (χ0n) is 20.7. The molecule has 0 aliphatic heterocycles. The number of carbonyl (C=O) groups excluding carboxylic acids is 4. The molecular weight excluding hydrogens is 517 g/mol. The van der Waals surface area contributed by atoms with Crippen molar-refractivity contribution in [1.82, 2.24) is 10.6 Å². The maximum atomic E-state index is 13.3. The normalized spacial score (nSPS) is 15.0. The van der Waals surface area contributed by atoms with Crippen LogP contribution < -0.4 is 16.0 Å². The van der Waals surface area contributed by atoms with Gasteiger partial charge in [-0.05, 0) is 55.6 Å². The number of rotatable bonds is 12. The Bertz CT molecular complexity index is 1100. The maximum absolute atomic E-state index is 13.3. The SMILES string of the molecule is COC(=O)[C@H](Cc1ccc(NC(=O)c2c(Cl)cccc2Cl)cc1)NC(=O)C1(CCNCC=O)CCCC1. The summed E-state index contributed by atoms with van der Waals surface area (Å²) in [5.41, 5.74) is 0.912. The topological polar surface area (TPSA) is 114 Å². The van der Waals surface area contributed by atoms with Crippen LogP contribution in [0.1, 0.15) is 48.0 Å². The van der Waals surface area contributed by atoms with E-state index in [0.29, 0.717) is 18.7 Å². The van der Waals surface area contributed by atoms with E-state index in [4.69, 9.17) is 27.9 Å². The van der Waals surface area contributed by atoms with Crippen LogP contribution in [0.15, 0.2) is 42.5 Å². The first kappa shape index (κ1) is 28.6. The Hall–Kier alpha value is -2.94. The summed E-state index contributed by atoms with van der Waals surface area (Å²) in [5, 5.41) is 9.19. The van der Waals surface area contributed by atoms with E-state index in [1.807, 2.05) is 0 Å². The van der Waals surface area contributed by atoms with Crippen LogP contribution in [0, 0.1) is 5.41 Å². The molecule has 37 heavy (non-hydrogen) atoms. The lowest BCUT2D eigenvalue weighted by Crippen LogP contribution is -2.49. The third kappa shape index (κ3) is 7.53. The van der Waals surface area contributed by atoms with E-state index in [-0.39, 0.29) is 34.5 Å². The predicted octanol–water partition coefficient (Wildman–Crippen LogP) is 4.19. The molecule has 2 amide bonds. The minimum Gasteiger partial charge on any atom is -0.467 e. The molecule has 3 rings (SSSR count).